The molecule has 0 saturated carbocycles. The summed E-state index contributed by atoms with van der Waals surface area (Å²) in [4.78, 5) is 11.9. The molecule has 3 rings (SSSR count). The van der Waals surface area contributed by atoms with Gasteiger partial charge in [-0.3, -0.25) is 4.79 Å². The maximum Gasteiger partial charge on any atom is 0.573 e. The summed E-state index contributed by atoms with van der Waals surface area (Å²) in [5.74, 6) is -1.33. The number of ether oxygens (including phenoxy) is 1. The molecule has 1 heterocycles. The number of carbonyl (C=O) groups excluding carboxylic acids is 1. The van der Waals surface area contributed by atoms with Gasteiger partial charge in [0.2, 0.25) is 0 Å². The number of anilines is 1. The van der Waals surface area contributed by atoms with E-state index in [1.54, 1.807) is 0 Å². The number of hydrogen-bond donors (Lipinski definition) is 1. The number of rotatable bonds is 2. The number of fused-ring (bicyclic) bond motifs is 1. The van der Waals surface area contributed by atoms with Gasteiger partial charge in [0.15, 0.2) is 0 Å². The third-order valence-corrected chi connectivity index (χ3v) is 3.17. The van der Waals surface area contributed by atoms with E-state index in [-0.39, 0.29) is 11.3 Å². The highest BCUT2D eigenvalue weighted by atomic mass is 19.4. The van der Waals surface area contributed by atoms with Crippen LogP contribution in [0.5, 0.6) is 5.75 Å². The van der Waals surface area contributed by atoms with Crippen LogP contribution < -0.4 is 10.1 Å². The number of nitrogens with one attached hydrogen (secondary N) is 1. The predicted molar refractivity (Wildman–Crippen MR) is 76.0 cm³/mol. The summed E-state index contributed by atoms with van der Waals surface area (Å²) in [7, 11) is 0. The summed E-state index contributed by atoms with van der Waals surface area (Å²) in [6, 6.07) is 9.05. The highest BCUT2D eigenvalue weighted by Gasteiger charge is 2.31. The smallest absolute Gasteiger partial charge is 0.406 e. The molecule has 2 aromatic rings. The Morgan fingerprint density at radius 3 is 2.61 bits per heavy atom. The van der Waals surface area contributed by atoms with Gasteiger partial charge in [-0.05, 0) is 42.0 Å². The van der Waals surface area contributed by atoms with E-state index in [1.165, 1.54) is 36.4 Å². The summed E-state index contributed by atoms with van der Waals surface area (Å²) in [5, 5.41) is 2.50. The molecule has 0 spiro atoms. The molecule has 0 aromatic heterocycles. The Bertz CT molecular complexity index is 812. The maximum absolute atomic E-state index is 13.2. The molecule has 23 heavy (non-hydrogen) atoms. The van der Waals surface area contributed by atoms with Crippen LogP contribution in [-0.2, 0) is 4.79 Å². The number of benzene rings is 2. The normalized spacial score (nSPS) is 15.5. The largest absolute Gasteiger partial charge is 0.573 e. The van der Waals surface area contributed by atoms with Crippen molar-refractivity contribution < 1.29 is 27.1 Å². The van der Waals surface area contributed by atoms with Crippen LogP contribution in [-0.4, -0.2) is 12.3 Å². The van der Waals surface area contributed by atoms with Gasteiger partial charge in [0.25, 0.3) is 5.91 Å². The van der Waals surface area contributed by atoms with Crippen LogP contribution in [0, 0.1) is 5.82 Å². The standard InChI is InChI=1S/C16H9F4NO2/c17-10-4-5-12-13(15(22)21-14(12)8-10)7-9-2-1-3-11(6-9)23-16(18,19)20/h1-8H,(H,21,22)/b13-7+. The molecule has 0 fully saturated rings. The molecule has 2 aromatic carbocycles. The SMILES string of the molecule is O=C1Nc2cc(F)ccc2/C1=C\c1cccc(OC(F)(F)F)c1. The van der Waals surface area contributed by atoms with Crippen molar-refractivity contribution in [2.75, 3.05) is 5.32 Å². The van der Waals surface area contributed by atoms with Crippen LogP contribution in [0.25, 0.3) is 11.6 Å². The fourth-order valence-corrected chi connectivity index (χ4v) is 2.28. The molecule has 3 nitrogen and oxygen atoms in total. The van der Waals surface area contributed by atoms with Crippen molar-refractivity contribution in [2.45, 2.75) is 6.36 Å². The molecule has 118 valence electrons. The number of carbonyl (C=O) groups is 1. The van der Waals surface area contributed by atoms with Crippen molar-refractivity contribution in [1.29, 1.82) is 0 Å². The van der Waals surface area contributed by atoms with Crippen molar-refractivity contribution in [1.82, 2.24) is 0 Å². The van der Waals surface area contributed by atoms with Crippen molar-refractivity contribution in [3.05, 3.63) is 59.4 Å². The van der Waals surface area contributed by atoms with Crippen LogP contribution in [0.15, 0.2) is 42.5 Å². The minimum Gasteiger partial charge on any atom is -0.406 e. The number of alkyl halides is 3. The van der Waals surface area contributed by atoms with Gasteiger partial charge in [-0.2, -0.15) is 0 Å². The first-order valence-electron chi connectivity index (χ1n) is 6.51. The fourth-order valence-electron chi connectivity index (χ4n) is 2.28. The first-order chi connectivity index (χ1) is 10.8. The maximum atomic E-state index is 13.2. The molecule has 1 N–H and O–H groups in total. The summed E-state index contributed by atoms with van der Waals surface area (Å²) in [6.07, 6.45) is -3.37. The molecule has 0 radical (unpaired) electrons. The molecule has 0 bridgehead atoms. The number of hydrogen-bond acceptors (Lipinski definition) is 2. The van der Waals surface area contributed by atoms with E-state index in [9.17, 15) is 22.4 Å². The zero-order valence-corrected chi connectivity index (χ0v) is 11.4. The van der Waals surface area contributed by atoms with E-state index in [0.717, 1.165) is 12.1 Å². The highest BCUT2D eigenvalue weighted by molar-refractivity contribution is 6.34. The molecule has 0 atom stereocenters. The summed E-state index contributed by atoms with van der Waals surface area (Å²) in [5.41, 5.74) is 1.40. The zero-order chi connectivity index (χ0) is 16.6. The summed E-state index contributed by atoms with van der Waals surface area (Å²) in [6.45, 7) is 0. The van der Waals surface area contributed by atoms with Gasteiger partial charge in [-0.25, -0.2) is 4.39 Å². The van der Waals surface area contributed by atoms with Gasteiger partial charge in [0.1, 0.15) is 11.6 Å². The predicted octanol–water partition coefficient (Wildman–Crippen LogP) is 4.22. The van der Waals surface area contributed by atoms with Gasteiger partial charge in [0, 0.05) is 11.1 Å². The average Bonchev–Trinajstić information content (AvgIpc) is 2.73. The molecule has 1 aliphatic heterocycles. The molecule has 0 unspecified atom stereocenters. The van der Waals surface area contributed by atoms with Crippen molar-refractivity contribution in [2.24, 2.45) is 0 Å². The van der Waals surface area contributed by atoms with Crippen LogP contribution in [0.4, 0.5) is 23.2 Å². The third kappa shape index (κ3) is 3.33. The summed E-state index contributed by atoms with van der Waals surface area (Å²) < 4.78 is 53.7. The zero-order valence-electron chi connectivity index (χ0n) is 11.4. The van der Waals surface area contributed by atoms with Gasteiger partial charge >= 0.3 is 6.36 Å². The Labute approximate surface area is 128 Å². The highest BCUT2D eigenvalue weighted by Crippen LogP contribution is 2.34. The quantitative estimate of drug-likeness (QED) is 0.664. The minimum atomic E-state index is -4.79. The second-order valence-electron chi connectivity index (χ2n) is 4.82. The lowest BCUT2D eigenvalue weighted by Crippen LogP contribution is -2.17. The monoisotopic (exact) mass is 323 g/mol. The number of halogens is 4. The number of amides is 1. The van der Waals surface area contributed by atoms with Crippen LogP contribution in [0.1, 0.15) is 11.1 Å². The fraction of sp³-hybridized carbons (Fsp3) is 0.0625. The van der Waals surface area contributed by atoms with Crippen molar-refractivity contribution >= 4 is 23.2 Å². The lowest BCUT2D eigenvalue weighted by molar-refractivity contribution is -0.274. The van der Waals surface area contributed by atoms with E-state index >= 15 is 0 Å². The average molecular weight is 323 g/mol. The molecule has 1 amide bonds. The topological polar surface area (TPSA) is 38.3 Å². The molecule has 1 aliphatic rings. The second kappa shape index (κ2) is 5.42. The first kappa shape index (κ1) is 15.1. The molecular formula is C16H9F4NO2. The Kier molecular flexibility index (Phi) is 3.55. The first-order valence-corrected chi connectivity index (χ1v) is 6.51. The van der Waals surface area contributed by atoms with E-state index in [0.29, 0.717) is 16.8 Å². The van der Waals surface area contributed by atoms with E-state index in [1.807, 2.05) is 0 Å². The van der Waals surface area contributed by atoms with Crippen LogP contribution >= 0.6 is 0 Å². The lowest BCUT2D eigenvalue weighted by atomic mass is 10.0. The van der Waals surface area contributed by atoms with Crippen LogP contribution in [0.3, 0.4) is 0 Å². The Morgan fingerprint density at radius 1 is 1.09 bits per heavy atom. The van der Waals surface area contributed by atoms with E-state index in [4.69, 9.17) is 0 Å². The van der Waals surface area contributed by atoms with Gasteiger partial charge in [-0.15, -0.1) is 13.2 Å². The summed E-state index contributed by atoms with van der Waals surface area (Å²) >= 11 is 0. The van der Waals surface area contributed by atoms with Crippen molar-refractivity contribution in [3.63, 3.8) is 0 Å². The Morgan fingerprint density at radius 2 is 1.87 bits per heavy atom. The minimum absolute atomic E-state index is 0.240. The van der Waals surface area contributed by atoms with Crippen LogP contribution in [0.2, 0.25) is 0 Å². The van der Waals surface area contributed by atoms with Gasteiger partial charge in [0.05, 0.1) is 5.69 Å². The van der Waals surface area contributed by atoms with Gasteiger partial charge in [-0.1, -0.05) is 12.1 Å². The molecule has 7 heteroatoms. The lowest BCUT2D eigenvalue weighted by Gasteiger charge is -2.09. The molecule has 0 aliphatic carbocycles. The second-order valence-corrected chi connectivity index (χ2v) is 4.82. The molecule has 0 saturated heterocycles. The molecular weight excluding hydrogens is 314 g/mol. The van der Waals surface area contributed by atoms with Gasteiger partial charge < -0.3 is 10.1 Å². The Hall–Kier alpha value is -2.83. The van der Waals surface area contributed by atoms with E-state index in [2.05, 4.69) is 10.1 Å². The third-order valence-electron chi connectivity index (χ3n) is 3.17. The van der Waals surface area contributed by atoms with E-state index < -0.39 is 18.1 Å². The van der Waals surface area contributed by atoms with Crippen molar-refractivity contribution in [3.8, 4) is 5.75 Å². The Balaban J connectivity index is 1.97.